The van der Waals surface area contributed by atoms with Crippen LogP contribution in [0.15, 0.2) is 24.4 Å². The lowest BCUT2D eigenvalue weighted by atomic mass is 10.3. The zero-order chi connectivity index (χ0) is 14.7. The van der Waals surface area contributed by atoms with Gasteiger partial charge in [0.15, 0.2) is 5.65 Å². The van der Waals surface area contributed by atoms with Crippen molar-refractivity contribution >= 4 is 11.6 Å². The lowest BCUT2D eigenvalue weighted by Crippen LogP contribution is -2.27. The van der Waals surface area contributed by atoms with Gasteiger partial charge in [0.25, 0.3) is 5.91 Å². The number of aromatic amines is 1. The SMILES string of the molecule is CCc1nc(C(=O)NCCc2nnc3ccccn23)n[nH]1. The Morgan fingerprint density at radius 2 is 2.29 bits per heavy atom. The van der Waals surface area contributed by atoms with Gasteiger partial charge < -0.3 is 5.32 Å². The molecule has 2 N–H and O–H groups in total. The van der Waals surface area contributed by atoms with Crippen molar-refractivity contribution in [3.8, 4) is 0 Å². The van der Waals surface area contributed by atoms with Crippen molar-refractivity contribution in [1.82, 2.24) is 35.1 Å². The zero-order valence-electron chi connectivity index (χ0n) is 11.6. The molecule has 0 atom stereocenters. The molecule has 8 heteroatoms. The second kappa shape index (κ2) is 5.70. The van der Waals surface area contributed by atoms with Crippen molar-refractivity contribution in [1.29, 1.82) is 0 Å². The summed E-state index contributed by atoms with van der Waals surface area (Å²) < 4.78 is 1.90. The number of aryl methyl sites for hydroxylation is 1. The van der Waals surface area contributed by atoms with E-state index in [4.69, 9.17) is 0 Å². The number of carbonyl (C=O) groups excluding carboxylic acids is 1. The quantitative estimate of drug-likeness (QED) is 0.706. The zero-order valence-corrected chi connectivity index (χ0v) is 11.6. The fraction of sp³-hybridized carbons (Fsp3) is 0.308. The highest BCUT2D eigenvalue weighted by Gasteiger charge is 2.12. The first kappa shape index (κ1) is 13.2. The molecule has 0 aliphatic rings. The summed E-state index contributed by atoms with van der Waals surface area (Å²) >= 11 is 0. The summed E-state index contributed by atoms with van der Waals surface area (Å²) in [4.78, 5) is 15.9. The molecule has 3 aromatic rings. The summed E-state index contributed by atoms with van der Waals surface area (Å²) in [5.41, 5.74) is 0.792. The molecule has 0 fully saturated rings. The van der Waals surface area contributed by atoms with Gasteiger partial charge in [0.05, 0.1) is 0 Å². The third kappa shape index (κ3) is 2.73. The van der Waals surface area contributed by atoms with Crippen molar-refractivity contribution in [2.24, 2.45) is 0 Å². The van der Waals surface area contributed by atoms with Crippen LogP contribution in [0.2, 0.25) is 0 Å². The number of nitrogens with zero attached hydrogens (tertiary/aromatic N) is 5. The molecular formula is C13H15N7O. The van der Waals surface area contributed by atoms with Crippen LogP contribution in [0.1, 0.15) is 29.2 Å². The van der Waals surface area contributed by atoms with E-state index in [2.05, 4.69) is 30.7 Å². The lowest BCUT2D eigenvalue weighted by molar-refractivity contribution is 0.0944. The topological polar surface area (TPSA) is 101 Å². The number of H-pyrrole nitrogens is 1. The van der Waals surface area contributed by atoms with E-state index >= 15 is 0 Å². The standard InChI is InChI=1S/C13H15N7O/c1-2-9-15-12(19-16-9)13(21)14-7-6-11-18-17-10-5-3-4-8-20(10)11/h3-5,8H,2,6-7H2,1H3,(H,14,21)(H,15,16,19). The Balaban J connectivity index is 1.59. The van der Waals surface area contributed by atoms with E-state index in [0.29, 0.717) is 25.2 Å². The Morgan fingerprint density at radius 3 is 3.10 bits per heavy atom. The molecule has 0 unspecified atom stereocenters. The minimum absolute atomic E-state index is 0.165. The number of carbonyl (C=O) groups is 1. The molecule has 0 saturated carbocycles. The van der Waals surface area contributed by atoms with Crippen LogP contribution in [0.5, 0.6) is 0 Å². The molecule has 8 nitrogen and oxygen atoms in total. The van der Waals surface area contributed by atoms with Crippen molar-refractivity contribution in [3.05, 3.63) is 41.9 Å². The first-order chi connectivity index (χ1) is 10.3. The highest BCUT2D eigenvalue weighted by Crippen LogP contribution is 2.03. The van der Waals surface area contributed by atoms with Gasteiger partial charge in [-0.15, -0.1) is 15.3 Å². The predicted molar refractivity (Wildman–Crippen MR) is 74.8 cm³/mol. The Bertz CT molecular complexity index is 761. The molecular weight excluding hydrogens is 270 g/mol. The van der Waals surface area contributed by atoms with Crippen molar-refractivity contribution < 1.29 is 4.79 Å². The number of fused-ring (bicyclic) bond motifs is 1. The highest BCUT2D eigenvalue weighted by molar-refractivity contribution is 5.90. The first-order valence-electron chi connectivity index (χ1n) is 6.76. The highest BCUT2D eigenvalue weighted by atomic mass is 16.2. The van der Waals surface area contributed by atoms with Gasteiger partial charge in [0, 0.05) is 25.6 Å². The van der Waals surface area contributed by atoms with Crippen LogP contribution < -0.4 is 5.32 Å². The maximum Gasteiger partial charge on any atom is 0.290 e. The van der Waals surface area contributed by atoms with Crippen LogP contribution in [0.25, 0.3) is 5.65 Å². The van der Waals surface area contributed by atoms with Gasteiger partial charge in [0.2, 0.25) is 5.82 Å². The first-order valence-corrected chi connectivity index (χ1v) is 6.76. The van der Waals surface area contributed by atoms with Crippen LogP contribution in [0.4, 0.5) is 0 Å². The van der Waals surface area contributed by atoms with Gasteiger partial charge in [-0.2, -0.15) is 0 Å². The Labute approximate surface area is 120 Å². The third-order valence-corrected chi connectivity index (χ3v) is 3.09. The van der Waals surface area contributed by atoms with Crippen molar-refractivity contribution in [2.45, 2.75) is 19.8 Å². The molecule has 0 bridgehead atoms. The molecule has 0 aliphatic carbocycles. The number of hydrogen-bond acceptors (Lipinski definition) is 5. The van der Waals surface area contributed by atoms with E-state index in [1.807, 2.05) is 35.7 Å². The summed E-state index contributed by atoms with van der Waals surface area (Å²) in [6, 6.07) is 5.71. The fourth-order valence-electron chi connectivity index (χ4n) is 1.98. The van der Waals surface area contributed by atoms with Crippen LogP contribution >= 0.6 is 0 Å². The van der Waals surface area contributed by atoms with E-state index < -0.39 is 0 Å². The molecule has 3 heterocycles. The number of rotatable bonds is 5. The smallest absolute Gasteiger partial charge is 0.290 e. The normalized spacial score (nSPS) is 10.9. The number of hydrogen-bond donors (Lipinski definition) is 2. The van der Waals surface area contributed by atoms with Crippen molar-refractivity contribution in [3.63, 3.8) is 0 Å². The van der Waals surface area contributed by atoms with E-state index in [-0.39, 0.29) is 11.7 Å². The predicted octanol–water partition coefficient (Wildman–Crippen LogP) is 0.382. The van der Waals surface area contributed by atoms with Crippen LogP contribution in [0.3, 0.4) is 0 Å². The number of amides is 1. The second-order valence-corrected chi connectivity index (χ2v) is 4.51. The van der Waals surface area contributed by atoms with E-state index in [1.54, 1.807) is 0 Å². The molecule has 3 aromatic heterocycles. The number of pyridine rings is 1. The van der Waals surface area contributed by atoms with Crippen LogP contribution in [-0.2, 0) is 12.8 Å². The van der Waals surface area contributed by atoms with E-state index in [9.17, 15) is 4.79 Å². The number of aromatic nitrogens is 6. The number of nitrogens with one attached hydrogen (secondary N) is 2. The average molecular weight is 285 g/mol. The molecule has 0 saturated heterocycles. The van der Waals surface area contributed by atoms with Gasteiger partial charge in [-0.05, 0) is 12.1 Å². The average Bonchev–Trinajstić information content (AvgIpc) is 3.14. The summed E-state index contributed by atoms with van der Waals surface area (Å²) in [5, 5.41) is 17.5. The minimum atomic E-state index is -0.292. The molecule has 0 aliphatic heterocycles. The molecule has 21 heavy (non-hydrogen) atoms. The summed E-state index contributed by atoms with van der Waals surface area (Å²) in [7, 11) is 0. The van der Waals surface area contributed by atoms with E-state index in [0.717, 1.165) is 11.5 Å². The third-order valence-electron chi connectivity index (χ3n) is 3.09. The van der Waals surface area contributed by atoms with Gasteiger partial charge in [0.1, 0.15) is 11.6 Å². The maximum atomic E-state index is 11.9. The molecule has 0 spiro atoms. The molecule has 0 radical (unpaired) electrons. The molecule has 1 amide bonds. The van der Waals surface area contributed by atoms with Gasteiger partial charge in [-0.25, -0.2) is 4.98 Å². The monoisotopic (exact) mass is 285 g/mol. The lowest BCUT2D eigenvalue weighted by Gasteiger charge is -2.01. The Morgan fingerprint density at radius 1 is 1.38 bits per heavy atom. The maximum absolute atomic E-state index is 11.9. The largest absolute Gasteiger partial charge is 0.349 e. The molecule has 0 aromatic carbocycles. The minimum Gasteiger partial charge on any atom is -0.349 e. The molecule has 108 valence electrons. The second-order valence-electron chi connectivity index (χ2n) is 4.51. The fourth-order valence-corrected chi connectivity index (χ4v) is 1.98. The Kier molecular flexibility index (Phi) is 3.59. The summed E-state index contributed by atoms with van der Waals surface area (Å²) in [5.74, 6) is 1.37. The van der Waals surface area contributed by atoms with Crippen LogP contribution in [0, 0.1) is 0 Å². The van der Waals surface area contributed by atoms with Gasteiger partial charge in [-0.3, -0.25) is 14.3 Å². The summed E-state index contributed by atoms with van der Waals surface area (Å²) in [6.45, 7) is 2.39. The van der Waals surface area contributed by atoms with Gasteiger partial charge in [-0.1, -0.05) is 13.0 Å². The van der Waals surface area contributed by atoms with E-state index in [1.165, 1.54) is 0 Å². The van der Waals surface area contributed by atoms with Gasteiger partial charge >= 0.3 is 0 Å². The molecule has 3 rings (SSSR count). The van der Waals surface area contributed by atoms with Crippen LogP contribution in [-0.4, -0.2) is 42.2 Å². The summed E-state index contributed by atoms with van der Waals surface area (Å²) in [6.07, 6.45) is 3.20. The van der Waals surface area contributed by atoms with Crippen molar-refractivity contribution in [2.75, 3.05) is 6.54 Å². The Hall–Kier alpha value is -2.77.